The molecule has 5 nitrogen and oxygen atoms in total. The smallest absolute Gasteiger partial charge is 0.261 e. The molecular weight excluding hydrogens is 334 g/mol. The van der Waals surface area contributed by atoms with Crippen molar-refractivity contribution in [2.24, 2.45) is 0 Å². The SMILES string of the molecule is Cc1ccc(S(=O)(=O)Nc2cc(C#N)ccc2N2CCCCC2)cc1. The number of piperidine rings is 1. The summed E-state index contributed by atoms with van der Waals surface area (Å²) in [6.07, 6.45) is 3.37. The number of hydrogen-bond donors (Lipinski definition) is 1. The van der Waals surface area contributed by atoms with Crippen molar-refractivity contribution < 1.29 is 8.42 Å². The fraction of sp³-hybridized carbons (Fsp3) is 0.316. The van der Waals surface area contributed by atoms with Crippen LogP contribution in [0.15, 0.2) is 47.4 Å². The maximum absolute atomic E-state index is 12.7. The standard InChI is InChI=1S/C19H21N3O2S/c1-15-5-8-17(9-6-15)25(23,24)21-18-13-16(14-20)7-10-19(18)22-11-3-2-4-12-22/h5-10,13,21H,2-4,11-12H2,1H3. The van der Waals surface area contributed by atoms with Crippen LogP contribution in [0.3, 0.4) is 0 Å². The average molecular weight is 355 g/mol. The quantitative estimate of drug-likeness (QED) is 0.908. The minimum atomic E-state index is -3.70. The van der Waals surface area contributed by atoms with E-state index in [4.69, 9.17) is 5.26 Å². The van der Waals surface area contributed by atoms with E-state index in [-0.39, 0.29) is 4.90 Å². The fourth-order valence-corrected chi connectivity index (χ4v) is 4.08. The lowest BCUT2D eigenvalue weighted by molar-refractivity contribution is 0.578. The van der Waals surface area contributed by atoms with Crippen molar-refractivity contribution in [1.29, 1.82) is 5.26 Å². The molecule has 1 aliphatic heterocycles. The van der Waals surface area contributed by atoms with Crippen LogP contribution in [0, 0.1) is 18.3 Å². The molecule has 130 valence electrons. The highest BCUT2D eigenvalue weighted by atomic mass is 32.2. The second kappa shape index (κ2) is 7.16. The molecule has 0 radical (unpaired) electrons. The van der Waals surface area contributed by atoms with Crippen molar-refractivity contribution in [3.63, 3.8) is 0 Å². The number of hydrogen-bond acceptors (Lipinski definition) is 4. The first kappa shape index (κ1) is 17.3. The Labute approximate surface area is 149 Å². The Morgan fingerprint density at radius 1 is 1.04 bits per heavy atom. The Morgan fingerprint density at radius 3 is 2.36 bits per heavy atom. The van der Waals surface area contributed by atoms with E-state index in [0.29, 0.717) is 11.3 Å². The summed E-state index contributed by atoms with van der Waals surface area (Å²) in [7, 11) is -3.70. The monoisotopic (exact) mass is 355 g/mol. The zero-order chi connectivity index (χ0) is 17.9. The highest BCUT2D eigenvalue weighted by Crippen LogP contribution is 2.31. The van der Waals surface area contributed by atoms with E-state index >= 15 is 0 Å². The summed E-state index contributed by atoms with van der Waals surface area (Å²) >= 11 is 0. The molecule has 0 amide bonds. The van der Waals surface area contributed by atoms with E-state index in [1.54, 1.807) is 36.4 Å². The third-order valence-corrected chi connectivity index (χ3v) is 5.78. The molecule has 0 aliphatic carbocycles. The van der Waals surface area contributed by atoms with E-state index in [0.717, 1.165) is 37.2 Å². The third-order valence-electron chi connectivity index (χ3n) is 4.40. The Balaban J connectivity index is 1.97. The minimum absolute atomic E-state index is 0.213. The molecule has 1 aliphatic rings. The second-order valence-corrected chi connectivity index (χ2v) is 7.99. The Hall–Kier alpha value is -2.52. The van der Waals surface area contributed by atoms with Crippen molar-refractivity contribution in [1.82, 2.24) is 0 Å². The van der Waals surface area contributed by atoms with E-state index in [9.17, 15) is 8.42 Å². The summed E-state index contributed by atoms with van der Waals surface area (Å²) in [4.78, 5) is 2.39. The lowest BCUT2D eigenvalue weighted by Gasteiger charge is -2.30. The summed E-state index contributed by atoms with van der Waals surface area (Å²) in [6, 6.07) is 14.0. The highest BCUT2D eigenvalue weighted by molar-refractivity contribution is 7.92. The normalized spacial score (nSPS) is 14.8. The number of aryl methyl sites for hydroxylation is 1. The molecule has 25 heavy (non-hydrogen) atoms. The molecule has 1 N–H and O–H groups in total. The molecule has 1 saturated heterocycles. The lowest BCUT2D eigenvalue weighted by atomic mass is 10.1. The summed E-state index contributed by atoms with van der Waals surface area (Å²) in [6.45, 7) is 3.70. The molecule has 6 heteroatoms. The third kappa shape index (κ3) is 3.94. The van der Waals surface area contributed by atoms with Crippen LogP contribution >= 0.6 is 0 Å². The van der Waals surface area contributed by atoms with Crippen molar-refractivity contribution in [2.75, 3.05) is 22.7 Å². The number of benzene rings is 2. The van der Waals surface area contributed by atoms with Gasteiger partial charge in [0.1, 0.15) is 0 Å². The molecule has 2 aromatic carbocycles. The van der Waals surface area contributed by atoms with Gasteiger partial charge in [-0.2, -0.15) is 5.26 Å². The largest absolute Gasteiger partial charge is 0.370 e. The van der Waals surface area contributed by atoms with Gasteiger partial charge in [-0.3, -0.25) is 4.72 Å². The van der Waals surface area contributed by atoms with Gasteiger partial charge in [0.15, 0.2) is 0 Å². The number of nitrogens with zero attached hydrogens (tertiary/aromatic N) is 2. The first-order chi connectivity index (χ1) is 12.0. The van der Waals surface area contributed by atoms with Crippen LogP contribution in [0.2, 0.25) is 0 Å². The summed E-state index contributed by atoms with van der Waals surface area (Å²) in [5, 5.41) is 9.17. The maximum Gasteiger partial charge on any atom is 0.261 e. The Morgan fingerprint density at radius 2 is 1.72 bits per heavy atom. The molecule has 0 unspecified atom stereocenters. The van der Waals surface area contributed by atoms with Crippen LogP contribution in [-0.4, -0.2) is 21.5 Å². The summed E-state index contributed by atoms with van der Waals surface area (Å²) in [5.74, 6) is 0. The number of nitriles is 1. The first-order valence-corrected chi connectivity index (χ1v) is 9.86. The summed E-state index contributed by atoms with van der Waals surface area (Å²) < 4.78 is 28.1. The molecule has 0 atom stereocenters. The van der Waals surface area contributed by atoms with Crippen LogP contribution in [0.25, 0.3) is 0 Å². The van der Waals surface area contributed by atoms with Crippen LogP contribution < -0.4 is 9.62 Å². The van der Waals surface area contributed by atoms with Crippen molar-refractivity contribution in [2.45, 2.75) is 31.1 Å². The molecule has 0 aromatic heterocycles. The van der Waals surface area contributed by atoms with Gasteiger partial charge in [0.05, 0.1) is 27.9 Å². The van der Waals surface area contributed by atoms with Crippen LogP contribution in [0.5, 0.6) is 0 Å². The van der Waals surface area contributed by atoms with Crippen molar-refractivity contribution in [3.05, 3.63) is 53.6 Å². The molecule has 2 aromatic rings. The Kier molecular flexibility index (Phi) is 4.95. The minimum Gasteiger partial charge on any atom is -0.370 e. The molecule has 3 rings (SSSR count). The van der Waals surface area contributed by atoms with Gasteiger partial charge in [0.2, 0.25) is 0 Å². The Bertz CT molecular complexity index is 893. The average Bonchev–Trinajstić information content (AvgIpc) is 2.62. The molecule has 0 spiro atoms. The molecule has 1 fully saturated rings. The first-order valence-electron chi connectivity index (χ1n) is 8.38. The van der Waals surface area contributed by atoms with Gasteiger partial charge in [-0.05, 0) is 56.5 Å². The van der Waals surface area contributed by atoms with Crippen LogP contribution in [0.4, 0.5) is 11.4 Å². The zero-order valence-corrected chi connectivity index (χ0v) is 15.0. The molecule has 1 heterocycles. The van der Waals surface area contributed by atoms with Gasteiger partial charge in [-0.1, -0.05) is 17.7 Å². The topological polar surface area (TPSA) is 73.2 Å². The van der Waals surface area contributed by atoms with Gasteiger partial charge in [0, 0.05) is 13.1 Å². The van der Waals surface area contributed by atoms with Crippen molar-refractivity contribution >= 4 is 21.4 Å². The van der Waals surface area contributed by atoms with Gasteiger partial charge in [-0.25, -0.2) is 8.42 Å². The van der Waals surface area contributed by atoms with Gasteiger partial charge >= 0.3 is 0 Å². The molecular formula is C19H21N3O2S. The van der Waals surface area contributed by atoms with Gasteiger partial charge < -0.3 is 4.90 Å². The van der Waals surface area contributed by atoms with E-state index in [1.165, 1.54) is 6.42 Å². The van der Waals surface area contributed by atoms with Gasteiger partial charge in [0.25, 0.3) is 10.0 Å². The fourth-order valence-electron chi connectivity index (χ4n) is 3.02. The number of anilines is 2. The van der Waals surface area contributed by atoms with Crippen LogP contribution in [-0.2, 0) is 10.0 Å². The lowest BCUT2D eigenvalue weighted by Crippen LogP contribution is -2.30. The molecule has 0 saturated carbocycles. The predicted octanol–water partition coefficient (Wildman–Crippen LogP) is 3.66. The predicted molar refractivity (Wildman–Crippen MR) is 99.2 cm³/mol. The number of nitrogens with one attached hydrogen (secondary N) is 1. The number of sulfonamides is 1. The molecule has 0 bridgehead atoms. The second-order valence-electron chi connectivity index (χ2n) is 6.31. The highest BCUT2D eigenvalue weighted by Gasteiger charge is 2.20. The van der Waals surface area contributed by atoms with E-state index in [1.807, 2.05) is 13.0 Å². The van der Waals surface area contributed by atoms with Crippen LogP contribution in [0.1, 0.15) is 30.4 Å². The van der Waals surface area contributed by atoms with E-state index < -0.39 is 10.0 Å². The van der Waals surface area contributed by atoms with Crippen molar-refractivity contribution in [3.8, 4) is 6.07 Å². The number of rotatable bonds is 4. The van der Waals surface area contributed by atoms with E-state index in [2.05, 4.69) is 15.7 Å². The summed E-state index contributed by atoms with van der Waals surface area (Å²) in [5.41, 5.74) is 2.72. The zero-order valence-electron chi connectivity index (χ0n) is 14.2. The maximum atomic E-state index is 12.7. The van der Waals surface area contributed by atoms with Gasteiger partial charge in [-0.15, -0.1) is 0 Å².